The lowest BCUT2D eigenvalue weighted by Gasteiger charge is -2.06. The Morgan fingerprint density at radius 2 is 2.09 bits per heavy atom. The van der Waals surface area contributed by atoms with Gasteiger partial charge in [-0.2, -0.15) is 0 Å². The van der Waals surface area contributed by atoms with Crippen LogP contribution in [0.25, 0.3) is 0 Å². The molecule has 11 heavy (non-hydrogen) atoms. The predicted molar refractivity (Wildman–Crippen MR) is 32.7 cm³/mol. The minimum atomic E-state index is -1.90. The molecule has 0 rings (SSSR count). The van der Waals surface area contributed by atoms with Crippen LogP contribution in [0, 0.1) is 0 Å². The van der Waals surface area contributed by atoms with Gasteiger partial charge in [-0.3, -0.25) is 0 Å². The summed E-state index contributed by atoms with van der Waals surface area (Å²) in [5.74, 6) is 0. The summed E-state index contributed by atoms with van der Waals surface area (Å²) in [6.07, 6.45) is -1.58. The van der Waals surface area contributed by atoms with Crippen molar-refractivity contribution in [3.8, 4) is 0 Å². The Labute approximate surface area is 63.9 Å². The highest BCUT2D eigenvalue weighted by Gasteiger charge is 1.98. The van der Waals surface area contributed by atoms with Crippen molar-refractivity contribution in [1.29, 1.82) is 0 Å². The largest absolute Gasteiger partial charge is 0.453 e. The van der Waals surface area contributed by atoms with E-state index in [4.69, 9.17) is 0 Å². The molecule has 0 aromatic heterocycles. The molecule has 0 aliphatic heterocycles. The quantitative estimate of drug-likeness (QED) is 0.337. The number of carbonyl (C=O) groups excluding carboxylic acids is 2. The van der Waals surface area contributed by atoms with Crippen LogP contribution in [0.4, 0.5) is 9.59 Å². The van der Waals surface area contributed by atoms with Gasteiger partial charge in [-0.05, 0) is 6.42 Å². The molecule has 0 saturated heterocycles. The highest BCUT2D eigenvalue weighted by molar-refractivity contribution is 5.74. The molecule has 0 unspecified atom stereocenters. The first-order chi connectivity index (χ1) is 5.16. The molecule has 0 bridgehead atoms. The number of hydrogen-bond donors (Lipinski definition) is 0. The first-order valence-corrected chi connectivity index (χ1v) is 3.22. The molecule has 0 saturated carbocycles. The molecule has 0 amide bonds. The van der Waals surface area contributed by atoms with E-state index in [1.54, 1.807) is 0 Å². The summed E-state index contributed by atoms with van der Waals surface area (Å²) in [6.45, 7) is 2.08. The van der Waals surface area contributed by atoms with Gasteiger partial charge in [0.25, 0.3) is 6.16 Å². The van der Waals surface area contributed by atoms with Crippen molar-refractivity contribution in [1.82, 2.24) is 0 Å². The van der Waals surface area contributed by atoms with Gasteiger partial charge in [0.2, 0.25) is 0 Å². The average Bonchev–Trinajstić information content (AvgIpc) is 1.86. The van der Waals surface area contributed by atoms with E-state index in [2.05, 4.69) is 9.47 Å². The standard InChI is InChI=1S/C6H10O5/c1-2-3-4-10-6(9)11-5(7)8/h2-4H2,1H3,(H,7,8)/p-1. The fourth-order valence-electron chi connectivity index (χ4n) is 0.397. The number of carbonyl (C=O) groups is 2. The molecule has 0 fully saturated rings. The molecule has 0 aliphatic carbocycles. The van der Waals surface area contributed by atoms with Gasteiger partial charge >= 0.3 is 6.16 Å². The third-order valence-electron chi connectivity index (χ3n) is 0.884. The fourth-order valence-corrected chi connectivity index (χ4v) is 0.397. The highest BCUT2D eigenvalue weighted by Crippen LogP contribution is 1.90. The maximum Gasteiger partial charge on any atom is 0.434 e. The Balaban J connectivity index is 3.30. The molecule has 0 aromatic rings. The van der Waals surface area contributed by atoms with Crippen molar-refractivity contribution >= 4 is 12.3 Å². The van der Waals surface area contributed by atoms with Crippen LogP contribution >= 0.6 is 0 Å². The van der Waals surface area contributed by atoms with Gasteiger partial charge in [0.05, 0.1) is 6.61 Å². The van der Waals surface area contributed by atoms with E-state index in [1.165, 1.54) is 0 Å². The van der Waals surface area contributed by atoms with Crippen LogP contribution in [0.2, 0.25) is 0 Å². The zero-order valence-electron chi connectivity index (χ0n) is 6.16. The first kappa shape index (κ1) is 9.74. The van der Waals surface area contributed by atoms with Gasteiger partial charge < -0.3 is 19.4 Å². The Morgan fingerprint density at radius 1 is 1.45 bits per heavy atom. The number of ether oxygens (including phenoxy) is 2. The van der Waals surface area contributed by atoms with E-state index >= 15 is 0 Å². The molecule has 5 heteroatoms. The lowest BCUT2D eigenvalue weighted by atomic mass is 10.4. The van der Waals surface area contributed by atoms with Crippen molar-refractivity contribution in [2.45, 2.75) is 19.8 Å². The summed E-state index contributed by atoms with van der Waals surface area (Å²) in [4.78, 5) is 19.9. The lowest BCUT2D eigenvalue weighted by molar-refractivity contribution is -0.276. The van der Waals surface area contributed by atoms with E-state index in [9.17, 15) is 14.7 Å². The molecule has 0 aliphatic rings. The van der Waals surface area contributed by atoms with Crippen LogP contribution in [-0.2, 0) is 9.47 Å². The SMILES string of the molecule is CCCCOC(=O)OC(=O)[O-]. The van der Waals surface area contributed by atoms with Gasteiger partial charge in [0, 0.05) is 0 Å². The minimum absolute atomic E-state index is 0.169. The molecule has 0 N–H and O–H groups in total. The summed E-state index contributed by atoms with van der Waals surface area (Å²) < 4.78 is 7.85. The van der Waals surface area contributed by atoms with Gasteiger partial charge in [0.15, 0.2) is 0 Å². The van der Waals surface area contributed by atoms with Crippen LogP contribution in [-0.4, -0.2) is 18.9 Å². The van der Waals surface area contributed by atoms with Crippen LogP contribution < -0.4 is 5.11 Å². The summed E-state index contributed by atoms with van der Waals surface area (Å²) >= 11 is 0. The number of unbranched alkanes of at least 4 members (excludes halogenated alkanes) is 1. The van der Waals surface area contributed by atoms with Crippen LogP contribution in [0.5, 0.6) is 0 Å². The Kier molecular flexibility index (Phi) is 4.89. The van der Waals surface area contributed by atoms with Gasteiger partial charge in [0.1, 0.15) is 0 Å². The Morgan fingerprint density at radius 3 is 2.55 bits per heavy atom. The topological polar surface area (TPSA) is 75.7 Å². The normalized spacial score (nSPS) is 8.82. The van der Waals surface area contributed by atoms with Crippen molar-refractivity contribution in [3.05, 3.63) is 0 Å². The molecule has 5 nitrogen and oxygen atoms in total. The fraction of sp³-hybridized carbons (Fsp3) is 0.667. The van der Waals surface area contributed by atoms with E-state index < -0.39 is 12.3 Å². The monoisotopic (exact) mass is 161 g/mol. The van der Waals surface area contributed by atoms with Gasteiger partial charge in [-0.25, -0.2) is 4.79 Å². The molecular formula is C6H9O5-. The summed E-state index contributed by atoms with van der Waals surface area (Å²) in [7, 11) is 0. The molecule has 64 valence electrons. The number of rotatable bonds is 3. The zero-order chi connectivity index (χ0) is 8.69. The smallest absolute Gasteiger partial charge is 0.434 e. The van der Waals surface area contributed by atoms with Crippen LogP contribution in [0.15, 0.2) is 0 Å². The van der Waals surface area contributed by atoms with E-state index in [1.807, 2.05) is 6.92 Å². The molecular weight excluding hydrogens is 152 g/mol. The maximum absolute atomic E-state index is 10.3. The van der Waals surface area contributed by atoms with Crippen LogP contribution in [0.3, 0.4) is 0 Å². The van der Waals surface area contributed by atoms with Crippen molar-refractivity contribution < 1.29 is 24.2 Å². The van der Waals surface area contributed by atoms with E-state index in [-0.39, 0.29) is 6.61 Å². The van der Waals surface area contributed by atoms with E-state index in [0.717, 1.165) is 6.42 Å². The average molecular weight is 161 g/mol. The van der Waals surface area contributed by atoms with Crippen molar-refractivity contribution in [3.63, 3.8) is 0 Å². The van der Waals surface area contributed by atoms with Crippen molar-refractivity contribution in [2.24, 2.45) is 0 Å². The Bertz CT molecular complexity index is 142. The molecule has 0 atom stereocenters. The zero-order valence-corrected chi connectivity index (χ0v) is 6.16. The minimum Gasteiger partial charge on any atom is -0.453 e. The van der Waals surface area contributed by atoms with Crippen LogP contribution in [0.1, 0.15) is 19.8 Å². The third-order valence-corrected chi connectivity index (χ3v) is 0.884. The van der Waals surface area contributed by atoms with E-state index in [0.29, 0.717) is 6.42 Å². The second kappa shape index (κ2) is 5.52. The molecule has 0 heterocycles. The maximum atomic E-state index is 10.3. The number of hydrogen-bond acceptors (Lipinski definition) is 5. The summed E-state index contributed by atoms with van der Waals surface area (Å²) in [6, 6.07) is 0. The summed E-state index contributed by atoms with van der Waals surface area (Å²) in [5, 5.41) is 9.61. The highest BCUT2D eigenvalue weighted by atomic mass is 16.8. The molecule has 0 radical (unpaired) electrons. The molecule has 0 spiro atoms. The number of carboxylic acid groups (broad SMARTS) is 1. The second-order valence-corrected chi connectivity index (χ2v) is 1.80. The first-order valence-electron chi connectivity index (χ1n) is 3.22. The third kappa shape index (κ3) is 6.63. The predicted octanol–water partition coefficient (Wildman–Crippen LogP) is 0.283. The second-order valence-electron chi connectivity index (χ2n) is 1.80. The van der Waals surface area contributed by atoms with Crippen molar-refractivity contribution in [2.75, 3.05) is 6.61 Å². The summed E-state index contributed by atoms with van der Waals surface area (Å²) in [5.41, 5.74) is 0. The lowest BCUT2D eigenvalue weighted by Crippen LogP contribution is -2.27. The van der Waals surface area contributed by atoms with Gasteiger partial charge in [-0.1, -0.05) is 13.3 Å². The Hall–Kier alpha value is -1.26. The molecule has 0 aromatic carbocycles. The van der Waals surface area contributed by atoms with Gasteiger partial charge in [-0.15, -0.1) is 0 Å².